The number of carbonyl (C=O) groups excluding carboxylic acids is 3. The molecule has 6 aromatic rings. The molecule has 0 unspecified atom stereocenters. The van der Waals surface area contributed by atoms with Crippen LogP contribution in [0.1, 0.15) is 33.5 Å². The molecule has 268 valence electrons. The van der Waals surface area contributed by atoms with E-state index in [0.29, 0.717) is 31.4 Å². The predicted octanol–water partition coefficient (Wildman–Crippen LogP) is 7.24. The van der Waals surface area contributed by atoms with E-state index in [0.717, 1.165) is 27.8 Å². The van der Waals surface area contributed by atoms with Crippen molar-refractivity contribution >= 4 is 17.9 Å². The van der Waals surface area contributed by atoms with Crippen molar-refractivity contribution in [3.8, 4) is 0 Å². The monoisotopic (exact) mass is 706 g/mol. The predicted molar refractivity (Wildman–Crippen MR) is 201 cm³/mol. The Bertz CT molecular complexity index is 1940. The Hall–Kier alpha value is -6.28. The molecule has 53 heavy (non-hydrogen) atoms. The third kappa shape index (κ3) is 11.1. The first-order valence-electron chi connectivity index (χ1n) is 17.8. The van der Waals surface area contributed by atoms with E-state index >= 15 is 0 Å². The summed E-state index contributed by atoms with van der Waals surface area (Å²) >= 11 is 0. The van der Waals surface area contributed by atoms with Gasteiger partial charge >= 0.3 is 17.9 Å². The highest BCUT2D eigenvalue weighted by atomic mass is 16.7. The van der Waals surface area contributed by atoms with E-state index in [1.54, 1.807) is 0 Å². The minimum atomic E-state index is -1.33. The van der Waals surface area contributed by atoms with Crippen LogP contribution >= 0.6 is 0 Å². The van der Waals surface area contributed by atoms with Crippen molar-refractivity contribution in [2.75, 3.05) is 0 Å². The van der Waals surface area contributed by atoms with Crippen LogP contribution in [0.3, 0.4) is 0 Å². The molecule has 1 heterocycles. The summed E-state index contributed by atoms with van der Waals surface area (Å²) in [5.74, 6) is -2.79. The highest BCUT2D eigenvalue weighted by Crippen LogP contribution is 2.21. The molecule has 0 saturated heterocycles. The number of nitrogens with zero attached hydrogens (tertiary/aromatic N) is 2. The van der Waals surface area contributed by atoms with E-state index in [-0.39, 0.29) is 13.0 Å². The summed E-state index contributed by atoms with van der Waals surface area (Å²) in [6, 6.07) is 48.3. The lowest BCUT2D eigenvalue weighted by Gasteiger charge is -2.22. The molecule has 0 aliphatic heterocycles. The van der Waals surface area contributed by atoms with Crippen LogP contribution in [0.2, 0.25) is 0 Å². The van der Waals surface area contributed by atoms with Crippen LogP contribution in [0.5, 0.6) is 0 Å². The lowest BCUT2D eigenvalue weighted by Crippen LogP contribution is -2.36. The quantitative estimate of drug-likeness (QED) is 0.0923. The molecular weight excluding hydrogens is 665 g/mol. The van der Waals surface area contributed by atoms with E-state index in [1.165, 1.54) is 17.3 Å². The maximum Gasteiger partial charge on any atom is 0.348 e. The summed E-state index contributed by atoms with van der Waals surface area (Å²) in [5, 5.41) is 0. The molecule has 0 saturated carbocycles. The molecule has 0 bridgehead atoms. The molecule has 8 heteroatoms. The average molecular weight is 707 g/mol. The second-order valence-corrected chi connectivity index (χ2v) is 13.0. The van der Waals surface area contributed by atoms with Gasteiger partial charge in [0.25, 0.3) is 0 Å². The zero-order valence-electron chi connectivity index (χ0n) is 29.4. The number of esters is 2. The van der Waals surface area contributed by atoms with Crippen molar-refractivity contribution in [2.24, 2.45) is 11.8 Å². The van der Waals surface area contributed by atoms with Gasteiger partial charge in [-0.05, 0) is 53.5 Å². The lowest BCUT2D eigenvalue weighted by atomic mass is 9.92. The Balaban J connectivity index is 1.22. The number of aromatic nitrogens is 2. The number of hydrogen-bond acceptors (Lipinski definition) is 7. The molecule has 5 aromatic carbocycles. The summed E-state index contributed by atoms with van der Waals surface area (Å²) < 4.78 is 13.0. The SMILES string of the molecule is O=C(O[C@@H](Cc1cncn1OC(=O)C(Cc1ccccc1)Cc1ccccc1)C(=O)OCc1ccccc1)C(Cc1ccccc1)Cc1ccccc1. The van der Waals surface area contributed by atoms with Gasteiger partial charge in [-0.1, -0.05) is 152 Å². The van der Waals surface area contributed by atoms with E-state index < -0.39 is 35.8 Å². The molecule has 0 radical (unpaired) electrons. The van der Waals surface area contributed by atoms with Gasteiger partial charge in [0, 0.05) is 6.42 Å². The van der Waals surface area contributed by atoms with Crippen molar-refractivity contribution in [3.63, 3.8) is 0 Å². The largest absolute Gasteiger partial charge is 0.458 e. The fraction of sp³-hybridized carbons (Fsp3) is 0.200. The van der Waals surface area contributed by atoms with Crippen LogP contribution in [-0.2, 0) is 62.6 Å². The summed E-state index contributed by atoms with van der Waals surface area (Å²) in [4.78, 5) is 51.7. The highest BCUT2D eigenvalue weighted by Gasteiger charge is 2.32. The maximum absolute atomic E-state index is 14.0. The Morgan fingerprint density at radius 2 is 0.887 bits per heavy atom. The smallest absolute Gasteiger partial charge is 0.348 e. The number of benzene rings is 5. The summed E-state index contributed by atoms with van der Waals surface area (Å²) in [6.07, 6.45) is 3.17. The molecule has 6 rings (SSSR count). The number of rotatable bonds is 17. The van der Waals surface area contributed by atoms with Gasteiger partial charge in [0.2, 0.25) is 6.10 Å². The first-order chi connectivity index (χ1) is 26.0. The normalized spacial score (nSPS) is 11.6. The van der Waals surface area contributed by atoms with Crippen molar-refractivity contribution < 1.29 is 28.7 Å². The molecule has 0 aliphatic rings. The van der Waals surface area contributed by atoms with Gasteiger partial charge in [0.15, 0.2) is 0 Å². The second kappa shape index (κ2) is 18.8. The zero-order chi connectivity index (χ0) is 36.7. The van der Waals surface area contributed by atoms with E-state index in [4.69, 9.17) is 14.3 Å². The van der Waals surface area contributed by atoms with Gasteiger partial charge in [-0.25, -0.2) is 14.6 Å². The van der Waals surface area contributed by atoms with Gasteiger partial charge in [0.05, 0.1) is 23.7 Å². The van der Waals surface area contributed by atoms with Gasteiger partial charge < -0.3 is 14.3 Å². The molecule has 0 N–H and O–H groups in total. The Kier molecular flexibility index (Phi) is 13.0. The van der Waals surface area contributed by atoms with Crippen LogP contribution in [0.25, 0.3) is 0 Å². The summed E-state index contributed by atoms with van der Waals surface area (Å²) in [6.45, 7) is 0.0000822. The summed E-state index contributed by atoms with van der Waals surface area (Å²) in [5.41, 5.74) is 5.11. The molecule has 1 aromatic heterocycles. The van der Waals surface area contributed by atoms with Gasteiger partial charge in [-0.15, -0.1) is 0 Å². The van der Waals surface area contributed by atoms with E-state index in [9.17, 15) is 14.4 Å². The first-order valence-corrected chi connectivity index (χ1v) is 17.8. The molecule has 0 aliphatic carbocycles. The third-order valence-electron chi connectivity index (χ3n) is 8.97. The average Bonchev–Trinajstić information content (AvgIpc) is 3.64. The molecule has 1 atom stereocenters. The van der Waals surface area contributed by atoms with Crippen molar-refractivity contribution in [1.29, 1.82) is 0 Å². The zero-order valence-corrected chi connectivity index (χ0v) is 29.4. The second-order valence-electron chi connectivity index (χ2n) is 13.0. The van der Waals surface area contributed by atoms with Crippen LogP contribution < -0.4 is 4.84 Å². The Morgan fingerprint density at radius 3 is 1.32 bits per heavy atom. The van der Waals surface area contributed by atoms with E-state index in [1.807, 2.05) is 152 Å². The standard InChI is InChI=1S/C45H42N2O6/c48-43(39(26-34-16-6-1-7-17-34)27-35-18-8-2-9-19-35)52-42(45(50)51-32-38-24-14-5-15-25-38)30-41-31-46-33-47(41)53-44(49)40(28-36-20-10-3-11-21-36)29-37-22-12-4-13-23-37/h1-25,31,33,39-40,42H,26-30,32H2/t42-/m0/s1. The molecular formula is C45H42N2O6. The van der Waals surface area contributed by atoms with Gasteiger partial charge in [-0.2, -0.15) is 4.73 Å². The fourth-order valence-corrected chi connectivity index (χ4v) is 6.20. The fourth-order valence-electron chi connectivity index (χ4n) is 6.20. The van der Waals surface area contributed by atoms with Crippen LogP contribution in [0.15, 0.2) is 164 Å². The van der Waals surface area contributed by atoms with Crippen molar-refractivity contribution in [3.05, 3.63) is 198 Å². The number of ether oxygens (including phenoxy) is 2. The number of carbonyl (C=O) groups is 3. The van der Waals surface area contributed by atoms with Crippen LogP contribution in [-0.4, -0.2) is 33.7 Å². The van der Waals surface area contributed by atoms with Gasteiger partial charge in [-0.3, -0.25) is 4.79 Å². The first kappa shape index (κ1) is 36.5. The lowest BCUT2D eigenvalue weighted by molar-refractivity contribution is -0.171. The Labute approximate surface area is 310 Å². The molecule has 0 fully saturated rings. The summed E-state index contributed by atoms with van der Waals surface area (Å²) in [7, 11) is 0. The number of hydrogen-bond donors (Lipinski definition) is 0. The van der Waals surface area contributed by atoms with Crippen molar-refractivity contribution in [1.82, 2.24) is 9.71 Å². The minimum Gasteiger partial charge on any atom is -0.458 e. The van der Waals surface area contributed by atoms with Crippen LogP contribution in [0, 0.1) is 11.8 Å². The highest BCUT2D eigenvalue weighted by molar-refractivity contribution is 5.81. The minimum absolute atomic E-state index is 0.0000822. The Morgan fingerprint density at radius 1 is 0.491 bits per heavy atom. The van der Waals surface area contributed by atoms with Crippen molar-refractivity contribution in [2.45, 2.75) is 44.8 Å². The maximum atomic E-state index is 14.0. The van der Waals surface area contributed by atoms with E-state index in [2.05, 4.69) is 4.98 Å². The third-order valence-corrected chi connectivity index (χ3v) is 8.97. The molecule has 0 amide bonds. The van der Waals surface area contributed by atoms with Gasteiger partial charge in [0.1, 0.15) is 12.9 Å². The number of imidazole rings is 1. The topological polar surface area (TPSA) is 96.7 Å². The molecule has 8 nitrogen and oxygen atoms in total. The molecule has 0 spiro atoms. The van der Waals surface area contributed by atoms with Crippen LogP contribution in [0.4, 0.5) is 0 Å².